The zero-order valence-corrected chi connectivity index (χ0v) is 40.2. The summed E-state index contributed by atoms with van der Waals surface area (Å²) in [7, 11) is -4.61. The number of nitrogens with zero attached hydrogens (tertiary/aromatic N) is 5. The van der Waals surface area contributed by atoms with Crippen LogP contribution in [-0.2, 0) is 39.2 Å². The zero-order valence-electron chi connectivity index (χ0n) is 37.8. The SMILES string of the molecule is CCCCCCCCCCCCCCCCC[C@H](COP(=O)(OC[C@@]1(C#N)O[C@@H](c2ccc3c(N)ncnn23)C2OC(C)(C)OC21)Oc1ccccc1Cl)OCc1cc(Cl)cc(C#N)c1. The molecule has 4 aromatic rings. The Morgan fingerprint density at radius 2 is 1.55 bits per heavy atom. The third-order valence-corrected chi connectivity index (χ3v) is 13.7. The van der Waals surface area contributed by atoms with Gasteiger partial charge in [0, 0.05) is 5.02 Å². The molecule has 4 heterocycles. The second-order valence-corrected chi connectivity index (χ2v) is 19.9. The predicted molar refractivity (Wildman–Crippen MR) is 249 cm³/mol. The van der Waals surface area contributed by atoms with E-state index < -0.39 is 50.2 Å². The highest BCUT2D eigenvalue weighted by Crippen LogP contribution is 2.55. The lowest BCUT2D eigenvalue weighted by Gasteiger charge is -2.30. The highest BCUT2D eigenvalue weighted by molar-refractivity contribution is 7.49. The Kier molecular flexibility index (Phi) is 18.9. The number of para-hydroxylation sites is 1. The summed E-state index contributed by atoms with van der Waals surface area (Å²) in [5.41, 5.74) is 6.46. The van der Waals surface area contributed by atoms with Crippen LogP contribution in [0.2, 0.25) is 10.0 Å². The van der Waals surface area contributed by atoms with E-state index in [2.05, 4.69) is 29.1 Å². The van der Waals surface area contributed by atoms with E-state index in [4.69, 9.17) is 61.5 Å². The molecule has 14 nitrogen and oxygen atoms in total. The molecule has 2 aliphatic heterocycles. The highest BCUT2D eigenvalue weighted by Gasteiger charge is 2.65. The standard InChI is InChI=1S/C48H63Cl2N6O8P/c1-4-5-6-7-8-9-10-11-12-13-14-15-16-17-18-21-38(58-30-36-26-35(29-51)27-37(49)28-36)31-59-65(57,64-42-23-20-19-22-39(42)50)60-33-48(32-52)45-44(61-47(2,3)63-45)43(62-48)40-24-25-41-46(53)54-34-55-56(40)41/h19-20,22-28,34,38,43-45H,4-18,21,30-31,33H2,1-3H3,(H2,53,54,55)/t38-,43+,44?,45?,48-,65?/m1/s1. The lowest BCUT2D eigenvalue weighted by Crippen LogP contribution is -2.46. The number of benzene rings is 2. The molecule has 2 aromatic carbocycles. The molecule has 0 aliphatic carbocycles. The third-order valence-electron chi connectivity index (χ3n) is 11.8. The Labute approximate surface area is 393 Å². The van der Waals surface area contributed by atoms with Crippen LogP contribution in [0.4, 0.5) is 5.82 Å². The van der Waals surface area contributed by atoms with Gasteiger partial charge in [0.05, 0.1) is 41.7 Å². The highest BCUT2D eigenvalue weighted by atomic mass is 35.5. The van der Waals surface area contributed by atoms with Crippen LogP contribution in [-0.4, -0.2) is 57.5 Å². The molecular formula is C48H63Cl2N6O8P. The molecule has 0 amide bonds. The van der Waals surface area contributed by atoms with Crippen LogP contribution in [0.15, 0.2) is 60.9 Å². The van der Waals surface area contributed by atoms with Crippen molar-refractivity contribution in [3.63, 3.8) is 0 Å². The predicted octanol–water partition coefficient (Wildman–Crippen LogP) is 12.4. The maximum absolute atomic E-state index is 14.9. The number of fused-ring (bicyclic) bond motifs is 2. The van der Waals surface area contributed by atoms with Gasteiger partial charge in [0.15, 0.2) is 11.6 Å². The summed E-state index contributed by atoms with van der Waals surface area (Å²) in [4.78, 5) is 4.08. The van der Waals surface area contributed by atoms with E-state index in [-0.39, 0.29) is 29.8 Å². The smallest absolute Gasteiger partial charge is 0.402 e. The average molecular weight is 954 g/mol. The molecule has 0 bridgehead atoms. The third kappa shape index (κ3) is 14.1. The fraction of sp³-hybridized carbons (Fsp3) is 0.583. The van der Waals surface area contributed by atoms with Crippen LogP contribution >= 0.6 is 31.0 Å². The number of halogens is 2. The van der Waals surface area contributed by atoms with Crippen LogP contribution in [0.1, 0.15) is 146 Å². The van der Waals surface area contributed by atoms with E-state index in [1.54, 1.807) is 66.9 Å². The molecule has 0 spiro atoms. The summed E-state index contributed by atoms with van der Waals surface area (Å²) >= 11 is 12.8. The first-order valence-electron chi connectivity index (χ1n) is 23.1. The van der Waals surface area contributed by atoms with Gasteiger partial charge in [-0.1, -0.05) is 139 Å². The van der Waals surface area contributed by atoms with Crippen molar-refractivity contribution in [1.82, 2.24) is 14.6 Å². The van der Waals surface area contributed by atoms with E-state index in [9.17, 15) is 15.1 Å². The van der Waals surface area contributed by atoms with Crippen LogP contribution in [0.3, 0.4) is 0 Å². The molecule has 2 aliphatic rings. The van der Waals surface area contributed by atoms with E-state index in [0.29, 0.717) is 33.8 Å². The molecule has 3 unspecified atom stereocenters. The Hall–Kier alpha value is -3.79. The Morgan fingerprint density at radius 1 is 0.877 bits per heavy atom. The minimum Gasteiger partial charge on any atom is -0.402 e. The average Bonchev–Trinajstić information content (AvgIpc) is 3.95. The summed E-state index contributed by atoms with van der Waals surface area (Å²) < 4.78 is 60.3. The quantitative estimate of drug-likeness (QED) is 0.0419. The number of nitrogens with two attached hydrogens (primary N) is 1. The van der Waals surface area contributed by atoms with E-state index in [1.165, 1.54) is 83.0 Å². The van der Waals surface area contributed by atoms with Crippen LogP contribution in [0, 0.1) is 22.7 Å². The van der Waals surface area contributed by atoms with Crippen molar-refractivity contribution in [2.75, 3.05) is 18.9 Å². The Bertz CT molecular complexity index is 2290. The summed E-state index contributed by atoms with van der Waals surface area (Å²) in [5, 5.41) is 25.4. The Morgan fingerprint density at radius 3 is 2.22 bits per heavy atom. The molecule has 2 N–H and O–H groups in total. The van der Waals surface area contributed by atoms with Gasteiger partial charge in [0.1, 0.15) is 48.6 Å². The van der Waals surface area contributed by atoms with Gasteiger partial charge in [-0.05, 0) is 68.3 Å². The van der Waals surface area contributed by atoms with Crippen LogP contribution in [0.25, 0.3) is 5.52 Å². The molecule has 2 fully saturated rings. The molecule has 6 rings (SSSR count). The molecule has 0 radical (unpaired) electrons. The second-order valence-electron chi connectivity index (χ2n) is 17.4. The topological polar surface area (TPSA) is 185 Å². The number of ether oxygens (including phenoxy) is 4. The number of phosphoric ester groups is 1. The van der Waals surface area contributed by atoms with Gasteiger partial charge in [0.25, 0.3) is 0 Å². The minimum atomic E-state index is -4.61. The van der Waals surface area contributed by atoms with E-state index in [0.717, 1.165) is 25.7 Å². The number of nitrogen functional groups attached to an aromatic ring is 1. The first-order chi connectivity index (χ1) is 31.4. The maximum atomic E-state index is 14.9. The molecule has 17 heteroatoms. The lowest BCUT2D eigenvalue weighted by atomic mass is 9.96. The number of nitriles is 2. The lowest BCUT2D eigenvalue weighted by molar-refractivity contribution is -0.204. The summed E-state index contributed by atoms with van der Waals surface area (Å²) in [6.07, 6.45) is 17.2. The van der Waals surface area contributed by atoms with Crippen molar-refractivity contribution in [2.45, 2.75) is 166 Å². The molecule has 352 valence electrons. The molecule has 6 atom stereocenters. The number of hydrogen-bond acceptors (Lipinski definition) is 13. The molecule has 65 heavy (non-hydrogen) atoms. The number of anilines is 1. The second kappa shape index (κ2) is 24.3. The van der Waals surface area contributed by atoms with Gasteiger partial charge in [0.2, 0.25) is 5.60 Å². The van der Waals surface area contributed by atoms with E-state index in [1.807, 2.05) is 0 Å². The zero-order chi connectivity index (χ0) is 46.3. The van der Waals surface area contributed by atoms with Crippen molar-refractivity contribution in [3.8, 4) is 17.9 Å². The van der Waals surface area contributed by atoms with Crippen molar-refractivity contribution in [2.24, 2.45) is 0 Å². The summed E-state index contributed by atoms with van der Waals surface area (Å²) in [6, 6.07) is 19.4. The van der Waals surface area contributed by atoms with Gasteiger partial charge in [-0.15, -0.1) is 0 Å². The molecule has 0 saturated carbocycles. The summed E-state index contributed by atoms with van der Waals surface area (Å²) in [5.74, 6) is -0.799. The number of rotatable bonds is 28. The van der Waals surface area contributed by atoms with Gasteiger partial charge in [-0.25, -0.2) is 14.1 Å². The van der Waals surface area contributed by atoms with Crippen molar-refractivity contribution in [3.05, 3.63) is 87.8 Å². The van der Waals surface area contributed by atoms with Crippen molar-refractivity contribution >= 4 is 42.4 Å². The fourth-order valence-electron chi connectivity index (χ4n) is 8.44. The largest absolute Gasteiger partial charge is 0.530 e. The fourth-order valence-corrected chi connectivity index (χ4v) is 10.2. The van der Waals surface area contributed by atoms with Gasteiger partial charge in [-0.2, -0.15) is 15.6 Å². The van der Waals surface area contributed by atoms with E-state index >= 15 is 0 Å². The van der Waals surface area contributed by atoms with Gasteiger partial charge in [-0.3, -0.25) is 9.05 Å². The number of hydrogen-bond donors (Lipinski definition) is 1. The van der Waals surface area contributed by atoms with Crippen molar-refractivity contribution < 1.29 is 37.1 Å². The maximum Gasteiger partial charge on any atom is 0.530 e. The first-order valence-corrected chi connectivity index (χ1v) is 25.3. The number of aromatic nitrogens is 3. The monoisotopic (exact) mass is 952 g/mol. The van der Waals surface area contributed by atoms with Crippen LogP contribution in [0.5, 0.6) is 5.75 Å². The summed E-state index contributed by atoms with van der Waals surface area (Å²) in [6.45, 7) is 5.04. The molecule has 2 aromatic heterocycles. The minimum absolute atomic E-state index is 0.0490. The Balaban J connectivity index is 1.12. The van der Waals surface area contributed by atoms with Gasteiger partial charge < -0.3 is 29.2 Å². The van der Waals surface area contributed by atoms with Crippen LogP contribution < -0.4 is 10.3 Å². The number of unbranched alkanes of at least 4 members (excludes halogenated alkanes) is 14. The van der Waals surface area contributed by atoms with Crippen molar-refractivity contribution in [1.29, 1.82) is 10.5 Å². The molecular weight excluding hydrogens is 890 g/mol. The first kappa shape index (κ1) is 50.6. The number of phosphoric acid groups is 1. The molecule has 2 saturated heterocycles. The normalized spacial score (nSPS) is 21.4. The van der Waals surface area contributed by atoms with Gasteiger partial charge >= 0.3 is 7.82 Å².